The van der Waals surface area contributed by atoms with Crippen molar-refractivity contribution in [3.63, 3.8) is 0 Å². The summed E-state index contributed by atoms with van der Waals surface area (Å²) in [6.45, 7) is 6.35. The van der Waals surface area contributed by atoms with Gasteiger partial charge in [-0.2, -0.15) is 0 Å². The zero-order valence-electron chi connectivity index (χ0n) is 45.7. The lowest BCUT2D eigenvalue weighted by Crippen LogP contribution is -2.33. The van der Waals surface area contributed by atoms with Gasteiger partial charge in [0.2, 0.25) is 0 Å². The van der Waals surface area contributed by atoms with E-state index >= 15 is 0 Å². The number of nitrogens with two attached hydrogens (primary N) is 2. The Morgan fingerprint density at radius 3 is 1.37 bits per heavy atom. The number of carbonyl (C=O) groups is 1. The van der Waals surface area contributed by atoms with Gasteiger partial charge in [-0.3, -0.25) is 40.0 Å². The number of benzene rings is 7. The van der Waals surface area contributed by atoms with E-state index in [1.165, 1.54) is 12.1 Å². The van der Waals surface area contributed by atoms with E-state index in [-0.39, 0.29) is 53.2 Å². The number of rotatable bonds is 16. The Balaban J connectivity index is 0.000000162. The predicted octanol–water partition coefficient (Wildman–Crippen LogP) is 14.3. The number of aromatic hydroxyl groups is 2. The lowest BCUT2D eigenvalue weighted by Gasteiger charge is -2.13. The Bertz CT molecular complexity index is 3800. The first-order valence-corrected chi connectivity index (χ1v) is 26.9. The number of anilines is 1. The molecular weight excluding hydrogens is 1110 g/mol. The molecule has 17 heteroatoms. The van der Waals surface area contributed by atoms with Gasteiger partial charge in [-0.05, 0) is 156 Å². The first kappa shape index (κ1) is 60.5. The number of aromatic nitrogens is 3. The third-order valence-corrected chi connectivity index (χ3v) is 13.1. The summed E-state index contributed by atoms with van der Waals surface area (Å²) in [6.07, 6.45) is 5.80. The highest BCUT2D eigenvalue weighted by Crippen LogP contribution is 2.34. The van der Waals surface area contributed by atoms with Crippen LogP contribution in [0.4, 0.5) is 17.1 Å². The third kappa shape index (κ3) is 18.5. The van der Waals surface area contributed by atoms with Crippen molar-refractivity contribution in [2.24, 2.45) is 5.73 Å². The number of nitro benzene ring substituents is 2. The zero-order chi connectivity index (χ0) is 59.3. The zero-order valence-corrected chi connectivity index (χ0v) is 47.3. The average Bonchev–Trinajstić information content (AvgIpc) is 3.65. The molecule has 3 aromatic heterocycles. The second kappa shape index (κ2) is 29.9. The molecule has 16 nitrogen and oxygen atoms in total. The highest BCUT2D eigenvalue weighted by atomic mass is 79.9. The van der Waals surface area contributed by atoms with Crippen LogP contribution in [-0.2, 0) is 30.8 Å². The molecule has 0 aliphatic rings. The van der Waals surface area contributed by atoms with Gasteiger partial charge in [0.15, 0.2) is 17.3 Å². The van der Waals surface area contributed by atoms with E-state index in [2.05, 4.69) is 30.9 Å². The van der Waals surface area contributed by atoms with Gasteiger partial charge >= 0.3 is 11.4 Å². The summed E-state index contributed by atoms with van der Waals surface area (Å²) in [4.78, 5) is 46.4. The molecule has 0 fully saturated rings. The maximum Gasteiger partial charge on any atom is 0.312 e. The Hall–Kier alpha value is -10.1. The van der Waals surface area contributed by atoms with E-state index in [0.29, 0.717) is 28.8 Å². The second-order valence-electron chi connectivity index (χ2n) is 19.0. The summed E-state index contributed by atoms with van der Waals surface area (Å²) < 4.78 is 11.8. The molecule has 7 aromatic carbocycles. The van der Waals surface area contributed by atoms with E-state index in [0.717, 1.165) is 67.2 Å². The fourth-order valence-corrected chi connectivity index (χ4v) is 8.65. The molecule has 0 aliphatic carbocycles. The highest BCUT2D eigenvalue weighted by Gasteiger charge is 2.19. The second-order valence-corrected chi connectivity index (χ2v) is 19.9. The summed E-state index contributed by atoms with van der Waals surface area (Å²) >= 11 is 3.20. The number of hydrogen-bond acceptors (Lipinski definition) is 14. The van der Waals surface area contributed by atoms with Gasteiger partial charge in [0, 0.05) is 64.3 Å². The molecule has 0 unspecified atom stereocenters. The lowest BCUT2D eigenvalue weighted by molar-refractivity contribution is -0.386. The minimum atomic E-state index is -0.594. The number of phenolic OH excluding ortho intramolecular Hbond substituents is 2. The van der Waals surface area contributed by atoms with E-state index < -0.39 is 15.9 Å². The number of carbonyl (C=O) groups excluding carboxylic acids is 1. The Kier molecular flexibility index (Phi) is 21.8. The van der Waals surface area contributed by atoms with E-state index in [1.807, 2.05) is 172 Å². The standard InChI is InChI=1S/C22H22N2O2.C19H16N2O3.C13H10BrNO3.C12H12N2O/c1-15-11-18(9-10-24-15)17-7-8-21(25)19(13-17)14-22(26)20(23)12-16-5-3-2-4-6-16;1-14-11-17(9-10-20-14)16-7-8-19(18(12-16)21(22)23)24-13-15-5-3-2-4-6-15;14-11-6-7-13(12(8-11)15(16)17)18-9-10-4-2-1-3-5-10;1-8-6-10(4-5-14-8)9-2-3-12(15)11(13)7-9/h2-11,13,20,25H,12,14,23H2,1H3;2-12H,13H2,1H3;1-8H,9H2;2-7,15H,13H2,1H3/t20-;;;/m0.../s1. The number of ether oxygens (including phenoxy) is 2. The molecule has 10 rings (SSSR count). The van der Waals surface area contributed by atoms with Gasteiger partial charge in [-0.25, -0.2) is 0 Å². The van der Waals surface area contributed by atoms with Crippen LogP contribution >= 0.6 is 15.9 Å². The molecule has 0 saturated heterocycles. The highest BCUT2D eigenvalue weighted by molar-refractivity contribution is 9.10. The molecule has 0 saturated carbocycles. The lowest BCUT2D eigenvalue weighted by atomic mass is 9.96. The summed E-state index contributed by atoms with van der Waals surface area (Å²) in [5, 5.41) is 41.7. The molecule has 1 atom stereocenters. The van der Waals surface area contributed by atoms with Gasteiger partial charge in [-0.15, -0.1) is 0 Å². The first-order chi connectivity index (χ1) is 40.0. The maximum absolute atomic E-state index is 12.5. The van der Waals surface area contributed by atoms with Crippen molar-refractivity contribution in [2.75, 3.05) is 5.73 Å². The van der Waals surface area contributed by atoms with E-state index in [1.54, 1.807) is 55.0 Å². The Morgan fingerprint density at radius 2 is 0.916 bits per heavy atom. The van der Waals surface area contributed by atoms with Crippen LogP contribution in [0, 0.1) is 41.0 Å². The smallest absolute Gasteiger partial charge is 0.312 e. The van der Waals surface area contributed by atoms with Gasteiger partial charge < -0.3 is 31.2 Å². The van der Waals surface area contributed by atoms with E-state index in [9.17, 15) is 35.2 Å². The number of halogens is 1. The van der Waals surface area contributed by atoms with Crippen LogP contribution < -0.4 is 20.9 Å². The summed E-state index contributed by atoms with van der Waals surface area (Å²) in [7, 11) is 0. The van der Waals surface area contributed by atoms with Crippen LogP contribution in [0.2, 0.25) is 0 Å². The molecule has 0 spiro atoms. The minimum Gasteiger partial charge on any atom is -0.508 e. The molecule has 83 heavy (non-hydrogen) atoms. The normalized spacial score (nSPS) is 10.8. The molecule has 6 N–H and O–H groups in total. The monoisotopic (exact) mass is 1170 g/mol. The molecule has 0 amide bonds. The number of nitrogens with zero attached hydrogens (tertiary/aromatic N) is 5. The number of ketones is 1. The van der Waals surface area contributed by atoms with Crippen molar-refractivity contribution in [3.8, 4) is 56.4 Å². The number of nitro groups is 2. The van der Waals surface area contributed by atoms with Gasteiger partial charge in [0.1, 0.15) is 24.7 Å². The van der Waals surface area contributed by atoms with Crippen molar-refractivity contribution in [1.29, 1.82) is 0 Å². The number of Topliss-reactive ketones (excluding diaryl/α,β-unsaturated/α-hetero) is 1. The number of nitrogen functional groups attached to an aromatic ring is 1. The van der Waals surface area contributed by atoms with Crippen LogP contribution in [0.5, 0.6) is 23.0 Å². The van der Waals surface area contributed by atoms with Crippen LogP contribution in [0.1, 0.15) is 39.3 Å². The molecular formula is C66H60BrN7O9. The van der Waals surface area contributed by atoms with Crippen LogP contribution in [0.25, 0.3) is 33.4 Å². The molecule has 0 aliphatic heterocycles. The molecule has 420 valence electrons. The number of hydrogen-bond donors (Lipinski definition) is 4. The fourth-order valence-electron chi connectivity index (χ4n) is 8.30. The van der Waals surface area contributed by atoms with Gasteiger partial charge in [0.25, 0.3) is 0 Å². The number of aryl methyl sites for hydroxylation is 3. The topological polar surface area (TPSA) is 253 Å². The van der Waals surface area contributed by atoms with Gasteiger partial charge in [0.05, 0.1) is 21.6 Å². The molecule has 3 heterocycles. The van der Waals surface area contributed by atoms with Crippen molar-refractivity contribution < 1.29 is 34.3 Å². The van der Waals surface area contributed by atoms with Crippen LogP contribution in [-0.4, -0.2) is 46.8 Å². The van der Waals surface area contributed by atoms with Crippen molar-refractivity contribution in [1.82, 2.24) is 15.0 Å². The number of pyridine rings is 3. The Labute approximate surface area is 489 Å². The van der Waals surface area contributed by atoms with Crippen molar-refractivity contribution in [3.05, 3.63) is 283 Å². The number of phenols is 2. The SMILES string of the molecule is Cc1cc(-c2ccc(O)c(CC(=O)[C@@H](N)Cc3ccccc3)c2)ccn1.Cc1cc(-c2ccc(O)c(N)c2)ccn1.Cc1cc(-c2ccc(OCc3ccccc3)c([N+](=O)[O-])c2)ccn1.O=[N+]([O-])c1cc(Br)ccc1OCc1ccccc1. The largest absolute Gasteiger partial charge is 0.508 e. The molecule has 10 aromatic rings. The molecule has 0 bridgehead atoms. The van der Waals surface area contributed by atoms with E-state index in [4.69, 9.17) is 20.9 Å². The van der Waals surface area contributed by atoms with Crippen molar-refractivity contribution in [2.45, 2.75) is 52.9 Å². The summed E-state index contributed by atoms with van der Waals surface area (Å²) in [6, 6.07) is 59.9. The predicted molar refractivity (Wildman–Crippen MR) is 327 cm³/mol. The summed E-state index contributed by atoms with van der Waals surface area (Å²) in [5.74, 6) is 0.668. The van der Waals surface area contributed by atoms with Crippen LogP contribution in [0.3, 0.4) is 0 Å². The fraction of sp³-hybridized carbons (Fsp3) is 0.121. The van der Waals surface area contributed by atoms with Crippen LogP contribution in [0.15, 0.2) is 223 Å². The third-order valence-electron chi connectivity index (χ3n) is 12.6. The first-order valence-electron chi connectivity index (χ1n) is 26.1. The quantitative estimate of drug-likeness (QED) is 0.0304. The van der Waals surface area contributed by atoms with Crippen molar-refractivity contribution >= 4 is 38.8 Å². The average molecular weight is 1180 g/mol. The maximum atomic E-state index is 12.5. The Morgan fingerprint density at radius 1 is 0.518 bits per heavy atom. The van der Waals surface area contributed by atoms with Gasteiger partial charge in [-0.1, -0.05) is 125 Å². The summed E-state index contributed by atoms with van der Waals surface area (Å²) in [5.41, 5.74) is 23.9. The molecule has 0 radical (unpaired) electrons. The minimum absolute atomic E-state index is 0.0414.